The molecule has 0 radical (unpaired) electrons. The summed E-state index contributed by atoms with van der Waals surface area (Å²) in [7, 11) is 1.43. The van der Waals surface area contributed by atoms with Gasteiger partial charge in [-0.05, 0) is 31.0 Å². The van der Waals surface area contributed by atoms with Crippen molar-refractivity contribution >= 4 is 11.7 Å². The summed E-state index contributed by atoms with van der Waals surface area (Å²) < 4.78 is 4.72. The summed E-state index contributed by atoms with van der Waals surface area (Å²) in [5.74, 6) is -0.143. The van der Waals surface area contributed by atoms with Crippen LogP contribution in [0.15, 0.2) is 18.2 Å². The molecule has 0 amide bonds. The van der Waals surface area contributed by atoms with E-state index in [4.69, 9.17) is 4.74 Å². The zero-order chi connectivity index (χ0) is 11.0. The molecular weight excluding hydrogens is 190 g/mol. The first kappa shape index (κ1) is 10.0. The van der Waals surface area contributed by atoms with Crippen LogP contribution in [0.3, 0.4) is 0 Å². The molecule has 15 heavy (non-hydrogen) atoms. The largest absolute Gasteiger partial charge is 0.467 e. The quantitative estimate of drug-likeness (QED) is 0.543. The fraction of sp³-hybridized carbons (Fsp3) is 0.417. The number of anilines is 1. The number of methoxy groups -OCH3 is 1. The molecule has 1 saturated heterocycles. The van der Waals surface area contributed by atoms with Gasteiger partial charge in [0.15, 0.2) is 0 Å². The Hall–Kier alpha value is -1.51. The van der Waals surface area contributed by atoms with Crippen LogP contribution in [0.5, 0.6) is 0 Å². The van der Waals surface area contributed by atoms with E-state index in [1.165, 1.54) is 18.2 Å². The van der Waals surface area contributed by atoms with Crippen molar-refractivity contribution in [2.75, 3.05) is 18.6 Å². The van der Waals surface area contributed by atoms with Crippen LogP contribution >= 0.6 is 0 Å². The highest BCUT2D eigenvalue weighted by Gasteiger charge is 2.42. The second-order valence-corrected chi connectivity index (χ2v) is 3.91. The number of benzene rings is 1. The Kier molecular flexibility index (Phi) is 2.39. The van der Waals surface area contributed by atoms with Crippen molar-refractivity contribution in [1.82, 2.24) is 0 Å². The molecule has 0 aromatic heterocycles. The minimum Gasteiger partial charge on any atom is -0.467 e. The molecule has 1 unspecified atom stereocenters. The highest BCUT2D eigenvalue weighted by Crippen LogP contribution is 2.32. The number of esters is 1. The van der Waals surface area contributed by atoms with Gasteiger partial charge < -0.3 is 9.64 Å². The average Bonchev–Trinajstić information content (AvgIpc) is 3.01. The third kappa shape index (κ3) is 1.69. The second kappa shape index (κ2) is 3.57. The van der Waals surface area contributed by atoms with Gasteiger partial charge in [-0.1, -0.05) is 12.1 Å². The average molecular weight is 205 g/mol. The Balaban J connectivity index is 2.20. The smallest absolute Gasteiger partial charge is 0.330 e. The van der Waals surface area contributed by atoms with Gasteiger partial charge in [-0.15, -0.1) is 0 Å². The molecule has 3 nitrogen and oxygen atoms in total. The van der Waals surface area contributed by atoms with Crippen molar-refractivity contribution < 1.29 is 9.53 Å². The SMILES string of the molecule is COC(=O)C1CN1c1cccc(C)c1C. The van der Waals surface area contributed by atoms with Gasteiger partial charge in [-0.3, -0.25) is 0 Å². The molecule has 3 heteroatoms. The van der Waals surface area contributed by atoms with Crippen molar-refractivity contribution in [3.8, 4) is 0 Å². The number of hydrogen-bond donors (Lipinski definition) is 0. The molecule has 1 aromatic carbocycles. The standard InChI is InChI=1S/C12H15NO2/c1-8-5-4-6-10(9(8)2)13-7-11(13)12(14)15-3/h4-6,11H,7H2,1-3H3. The first-order valence-electron chi connectivity index (χ1n) is 5.06. The first-order chi connectivity index (χ1) is 7.15. The lowest BCUT2D eigenvalue weighted by atomic mass is 10.1. The van der Waals surface area contributed by atoms with Crippen LogP contribution in [0.1, 0.15) is 11.1 Å². The predicted octanol–water partition coefficient (Wildman–Crippen LogP) is 1.67. The van der Waals surface area contributed by atoms with E-state index in [9.17, 15) is 4.79 Å². The van der Waals surface area contributed by atoms with E-state index < -0.39 is 0 Å². The summed E-state index contributed by atoms with van der Waals surface area (Å²) in [6.45, 7) is 4.93. The molecule has 0 spiro atoms. The lowest BCUT2D eigenvalue weighted by Crippen LogP contribution is -2.14. The predicted molar refractivity (Wildman–Crippen MR) is 59.1 cm³/mol. The molecule has 1 fully saturated rings. The second-order valence-electron chi connectivity index (χ2n) is 3.91. The number of nitrogens with zero attached hydrogens (tertiary/aromatic N) is 1. The zero-order valence-corrected chi connectivity index (χ0v) is 9.28. The molecule has 2 rings (SSSR count). The number of hydrogen-bond acceptors (Lipinski definition) is 3. The summed E-state index contributed by atoms with van der Waals surface area (Å²) in [4.78, 5) is 13.4. The fourth-order valence-electron chi connectivity index (χ4n) is 1.79. The Morgan fingerprint density at radius 3 is 2.87 bits per heavy atom. The monoisotopic (exact) mass is 205 g/mol. The number of rotatable bonds is 2. The number of ether oxygens (including phenoxy) is 1. The van der Waals surface area contributed by atoms with Crippen LogP contribution in [0.4, 0.5) is 5.69 Å². The highest BCUT2D eigenvalue weighted by molar-refractivity contribution is 5.87. The van der Waals surface area contributed by atoms with Gasteiger partial charge >= 0.3 is 5.97 Å². The molecule has 0 bridgehead atoms. The molecule has 0 saturated carbocycles. The molecule has 0 N–H and O–H groups in total. The van der Waals surface area contributed by atoms with E-state index in [1.807, 2.05) is 12.1 Å². The van der Waals surface area contributed by atoms with Gasteiger partial charge in [-0.2, -0.15) is 0 Å². The van der Waals surface area contributed by atoms with Gasteiger partial charge in [-0.25, -0.2) is 4.79 Å². The maximum atomic E-state index is 11.3. The normalized spacial score (nSPS) is 18.9. The fourth-order valence-corrected chi connectivity index (χ4v) is 1.79. The molecule has 1 aliphatic heterocycles. The lowest BCUT2D eigenvalue weighted by molar-refractivity contribution is -0.139. The van der Waals surface area contributed by atoms with Gasteiger partial charge in [0, 0.05) is 5.69 Å². The van der Waals surface area contributed by atoms with E-state index in [0.717, 1.165) is 12.2 Å². The van der Waals surface area contributed by atoms with E-state index in [0.29, 0.717) is 0 Å². The Morgan fingerprint density at radius 2 is 2.20 bits per heavy atom. The van der Waals surface area contributed by atoms with E-state index in [2.05, 4.69) is 24.8 Å². The van der Waals surface area contributed by atoms with Crippen molar-refractivity contribution in [2.45, 2.75) is 19.9 Å². The van der Waals surface area contributed by atoms with Crippen molar-refractivity contribution in [1.29, 1.82) is 0 Å². The van der Waals surface area contributed by atoms with Crippen molar-refractivity contribution in [3.05, 3.63) is 29.3 Å². The molecule has 1 aliphatic rings. The van der Waals surface area contributed by atoms with E-state index >= 15 is 0 Å². The number of carbonyl (C=O) groups is 1. The summed E-state index contributed by atoms with van der Waals surface area (Å²) in [5, 5.41) is 0. The van der Waals surface area contributed by atoms with Crippen LogP contribution in [0, 0.1) is 13.8 Å². The molecule has 1 aromatic rings. The summed E-state index contributed by atoms with van der Waals surface area (Å²) >= 11 is 0. The minimum atomic E-state index is -0.143. The van der Waals surface area contributed by atoms with Crippen LogP contribution in [-0.2, 0) is 9.53 Å². The number of carbonyl (C=O) groups excluding carboxylic acids is 1. The van der Waals surface area contributed by atoms with Gasteiger partial charge in [0.1, 0.15) is 6.04 Å². The van der Waals surface area contributed by atoms with E-state index in [1.54, 1.807) is 0 Å². The third-order valence-corrected chi connectivity index (χ3v) is 2.97. The Labute approximate surface area is 89.7 Å². The van der Waals surface area contributed by atoms with Crippen LogP contribution in [-0.4, -0.2) is 25.7 Å². The molecular formula is C12H15NO2. The molecule has 1 atom stereocenters. The van der Waals surface area contributed by atoms with Crippen LogP contribution < -0.4 is 4.90 Å². The minimum absolute atomic E-state index is 0.0736. The summed E-state index contributed by atoms with van der Waals surface area (Å²) in [6.07, 6.45) is 0. The summed E-state index contributed by atoms with van der Waals surface area (Å²) in [6, 6.07) is 6.07. The van der Waals surface area contributed by atoms with Crippen LogP contribution in [0.25, 0.3) is 0 Å². The lowest BCUT2D eigenvalue weighted by Gasteiger charge is -2.10. The van der Waals surface area contributed by atoms with Crippen molar-refractivity contribution in [2.24, 2.45) is 0 Å². The number of aryl methyl sites for hydroxylation is 1. The Bertz CT molecular complexity index is 401. The highest BCUT2D eigenvalue weighted by atomic mass is 16.5. The molecule has 0 aliphatic carbocycles. The maximum Gasteiger partial charge on any atom is 0.330 e. The topological polar surface area (TPSA) is 29.3 Å². The first-order valence-corrected chi connectivity index (χ1v) is 5.06. The Morgan fingerprint density at radius 1 is 1.47 bits per heavy atom. The maximum absolute atomic E-state index is 11.3. The van der Waals surface area contributed by atoms with Crippen molar-refractivity contribution in [3.63, 3.8) is 0 Å². The van der Waals surface area contributed by atoms with Gasteiger partial charge in [0.25, 0.3) is 0 Å². The summed E-state index contributed by atoms with van der Waals surface area (Å²) in [5.41, 5.74) is 3.64. The van der Waals surface area contributed by atoms with Gasteiger partial charge in [0.2, 0.25) is 0 Å². The van der Waals surface area contributed by atoms with Crippen LogP contribution in [0.2, 0.25) is 0 Å². The zero-order valence-electron chi connectivity index (χ0n) is 9.28. The van der Waals surface area contributed by atoms with Gasteiger partial charge in [0.05, 0.1) is 13.7 Å². The van der Waals surface area contributed by atoms with E-state index in [-0.39, 0.29) is 12.0 Å². The third-order valence-electron chi connectivity index (χ3n) is 2.97. The molecule has 1 heterocycles. The molecule has 80 valence electrons.